The summed E-state index contributed by atoms with van der Waals surface area (Å²) in [4.78, 5) is 30.6. The van der Waals surface area contributed by atoms with Gasteiger partial charge in [-0.2, -0.15) is 0 Å². The van der Waals surface area contributed by atoms with Gasteiger partial charge in [0.2, 0.25) is 0 Å². The molecule has 1 amide bonds. The highest BCUT2D eigenvalue weighted by molar-refractivity contribution is 8.18. The molecule has 2 aromatic carbocycles. The average molecular weight is 455 g/mol. The number of carbonyl (C=O) groups excluding carboxylic acids is 1. The van der Waals surface area contributed by atoms with Crippen molar-refractivity contribution in [3.05, 3.63) is 58.5 Å². The molecule has 1 fully saturated rings. The fourth-order valence-electron chi connectivity index (χ4n) is 3.03. The fourth-order valence-corrected chi connectivity index (χ4v) is 4.09. The van der Waals surface area contributed by atoms with Gasteiger partial charge in [-0.05, 0) is 73.1 Å². The molecular weight excluding hydrogens is 428 g/mol. The number of benzene rings is 2. The Morgan fingerprint density at radius 2 is 1.91 bits per heavy atom. The first-order valence-corrected chi connectivity index (χ1v) is 11.2. The number of rotatable bonds is 9. The van der Waals surface area contributed by atoms with E-state index in [0.717, 1.165) is 18.4 Å². The number of likely N-dealkylation sites (N-methyl/N-ethyl adjacent to an activating group) is 1. The summed E-state index contributed by atoms with van der Waals surface area (Å²) in [7, 11) is 1.59. The number of hydrogen-bond donors (Lipinski definition) is 1. The Labute approximate surface area is 191 Å². The van der Waals surface area contributed by atoms with Crippen molar-refractivity contribution in [1.82, 2.24) is 4.90 Å². The van der Waals surface area contributed by atoms with Crippen LogP contribution in [0.3, 0.4) is 0 Å². The number of amides is 1. The van der Waals surface area contributed by atoms with Crippen LogP contribution in [0.5, 0.6) is 11.5 Å². The third-order valence-electron chi connectivity index (χ3n) is 4.78. The molecule has 0 unspecified atom stereocenters. The second-order valence-electron chi connectivity index (χ2n) is 7.02. The SMILES string of the molecule is CCCCOc1ccc(/C=C2\SC(=Nc3ccc(C(=O)O)cc3)N(CC)C2=O)cc1OC. The van der Waals surface area contributed by atoms with Gasteiger partial charge in [0.25, 0.3) is 5.91 Å². The summed E-state index contributed by atoms with van der Waals surface area (Å²) >= 11 is 1.29. The molecule has 168 valence electrons. The lowest BCUT2D eigenvalue weighted by atomic mass is 10.2. The number of amidine groups is 1. The van der Waals surface area contributed by atoms with E-state index in [2.05, 4.69) is 11.9 Å². The normalized spacial score (nSPS) is 16.1. The van der Waals surface area contributed by atoms with E-state index in [9.17, 15) is 9.59 Å². The van der Waals surface area contributed by atoms with Crippen molar-refractivity contribution in [1.29, 1.82) is 0 Å². The number of thioether (sulfide) groups is 1. The minimum atomic E-state index is -0.993. The Morgan fingerprint density at radius 3 is 2.53 bits per heavy atom. The van der Waals surface area contributed by atoms with Crippen LogP contribution in [0.1, 0.15) is 42.6 Å². The first kappa shape index (κ1) is 23.4. The van der Waals surface area contributed by atoms with Crippen LogP contribution >= 0.6 is 11.8 Å². The Balaban J connectivity index is 1.84. The lowest BCUT2D eigenvalue weighted by Crippen LogP contribution is -2.28. The van der Waals surface area contributed by atoms with Crippen LogP contribution in [0.15, 0.2) is 52.4 Å². The van der Waals surface area contributed by atoms with E-state index in [-0.39, 0.29) is 11.5 Å². The van der Waals surface area contributed by atoms with Gasteiger partial charge in [-0.15, -0.1) is 0 Å². The molecule has 0 saturated carbocycles. The van der Waals surface area contributed by atoms with Crippen molar-refractivity contribution >= 4 is 40.6 Å². The maximum Gasteiger partial charge on any atom is 0.335 e. The van der Waals surface area contributed by atoms with Gasteiger partial charge in [0.05, 0.1) is 29.9 Å². The zero-order valence-electron chi connectivity index (χ0n) is 18.3. The highest BCUT2D eigenvalue weighted by Gasteiger charge is 2.32. The van der Waals surface area contributed by atoms with Crippen molar-refractivity contribution in [2.24, 2.45) is 4.99 Å². The molecule has 32 heavy (non-hydrogen) atoms. The lowest BCUT2D eigenvalue weighted by molar-refractivity contribution is -0.122. The molecule has 3 rings (SSSR count). The monoisotopic (exact) mass is 454 g/mol. The maximum atomic E-state index is 12.9. The van der Waals surface area contributed by atoms with Crippen LogP contribution in [-0.2, 0) is 4.79 Å². The van der Waals surface area contributed by atoms with Gasteiger partial charge >= 0.3 is 5.97 Å². The van der Waals surface area contributed by atoms with E-state index in [0.29, 0.717) is 40.4 Å². The quantitative estimate of drug-likeness (QED) is 0.414. The largest absolute Gasteiger partial charge is 0.493 e. The van der Waals surface area contributed by atoms with Gasteiger partial charge in [-0.3, -0.25) is 9.69 Å². The second-order valence-corrected chi connectivity index (χ2v) is 8.03. The number of carboxylic acids is 1. The third kappa shape index (κ3) is 5.50. The Bertz CT molecular complexity index is 1050. The number of hydrogen-bond acceptors (Lipinski definition) is 6. The first-order chi connectivity index (χ1) is 15.5. The summed E-state index contributed by atoms with van der Waals surface area (Å²) in [5.74, 6) is 0.175. The van der Waals surface area contributed by atoms with Crippen molar-refractivity contribution in [2.45, 2.75) is 26.7 Å². The van der Waals surface area contributed by atoms with Crippen LogP contribution in [0.4, 0.5) is 5.69 Å². The van der Waals surface area contributed by atoms with Gasteiger partial charge in [0.15, 0.2) is 16.7 Å². The fraction of sp³-hybridized carbons (Fsp3) is 0.292. The number of carbonyl (C=O) groups is 2. The first-order valence-electron chi connectivity index (χ1n) is 10.4. The zero-order chi connectivity index (χ0) is 23.1. The van der Waals surface area contributed by atoms with Gasteiger partial charge in [-0.1, -0.05) is 19.4 Å². The van der Waals surface area contributed by atoms with Crippen LogP contribution < -0.4 is 9.47 Å². The topological polar surface area (TPSA) is 88.4 Å². The van der Waals surface area contributed by atoms with Gasteiger partial charge in [0.1, 0.15) is 0 Å². The van der Waals surface area contributed by atoms with E-state index in [4.69, 9.17) is 14.6 Å². The molecule has 1 N–H and O–H groups in total. The summed E-state index contributed by atoms with van der Waals surface area (Å²) in [6.45, 7) is 5.09. The van der Waals surface area contributed by atoms with Crippen LogP contribution in [0.25, 0.3) is 6.08 Å². The van der Waals surface area contributed by atoms with Crippen molar-refractivity contribution in [3.63, 3.8) is 0 Å². The molecule has 1 saturated heterocycles. The van der Waals surface area contributed by atoms with E-state index in [1.54, 1.807) is 24.1 Å². The molecule has 0 aromatic heterocycles. The number of unbranched alkanes of at least 4 members (excludes halogenated alkanes) is 1. The molecule has 1 heterocycles. The molecule has 7 nitrogen and oxygen atoms in total. The molecule has 0 atom stereocenters. The van der Waals surface area contributed by atoms with Crippen molar-refractivity contribution < 1.29 is 24.2 Å². The highest BCUT2D eigenvalue weighted by Crippen LogP contribution is 2.35. The van der Waals surface area contributed by atoms with Crippen LogP contribution in [-0.4, -0.2) is 47.3 Å². The minimum absolute atomic E-state index is 0.124. The smallest absolute Gasteiger partial charge is 0.335 e. The molecule has 1 aliphatic heterocycles. The molecule has 0 spiro atoms. The summed E-state index contributed by atoms with van der Waals surface area (Å²) < 4.78 is 11.2. The van der Waals surface area contributed by atoms with E-state index in [1.807, 2.05) is 31.2 Å². The maximum absolute atomic E-state index is 12.9. The van der Waals surface area contributed by atoms with Gasteiger partial charge < -0.3 is 14.6 Å². The number of nitrogens with zero attached hydrogens (tertiary/aromatic N) is 2. The molecule has 1 aliphatic rings. The lowest BCUT2D eigenvalue weighted by Gasteiger charge is -2.12. The van der Waals surface area contributed by atoms with Crippen LogP contribution in [0.2, 0.25) is 0 Å². The van der Waals surface area contributed by atoms with E-state index >= 15 is 0 Å². The highest BCUT2D eigenvalue weighted by atomic mass is 32.2. The second kappa shape index (κ2) is 10.9. The number of aromatic carboxylic acids is 1. The Morgan fingerprint density at radius 1 is 1.16 bits per heavy atom. The molecule has 2 aromatic rings. The third-order valence-corrected chi connectivity index (χ3v) is 5.79. The van der Waals surface area contributed by atoms with E-state index in [1.165, 1.54) is 23.9 Å². The number of carboxylic acid groups (broad SMARTS) is 1. The van der Waals surface area contributed by atoms with Crippen molar-refractivity contribution in [3.8, 4) is 11.5 Å². The molecule has 8 heteroatoms. The standard InChI is InChI=1S/C24H26N2O5S/c1-4-6-13-31-19-12-7-16(14-20(19)30-3)15-21-22(27)26(5-2)24(32-21)25-18-10-8-17(9-11-18)23(28)29/h7-12,14-15H,4-6,13H2,1-3H3,(H,28,29)/b21-15-,25-24?. The Kier molecular flexibility index (Phi) is 7.94. The molecule has 0 aliphatic carbocycles. The number of ether oxygens (including phenoxy) is 2. The molecular formula is C24H26N2O5S. The van der Waals surface area contributed by atoms with Gasteiger partial charge in [-0.25, -0.2) is 9.79 Å². The average Bonchev–Trinajstić information content (AvgIpc) is 3.08. The number of aliphatic imine (C=N–C) groups is 1. The predicted octanol–water partition coefficient (Wildman–Crippen LogP) is 5.20. The van der Waals surface area contributed by atoms with E-state index < -0.39 is 5.97 Å². The summed E-state index contributed by atoms with van der Waals surface area (Å²) in [6.07, 6.45) is 3.82. The zero-order valence-corrected chi connectivity index (χ0v) is 19.1. The van der Waals surface area contributed by atoms with Crippen molar-refractivity contribution in [2.75, 3.05) is 20.3 Å². The minimum Gasteiger partial charge on any atom is -0.493 e. The van der Waals surface area contributed by atoms with Crippen LogP contribution in [0, 0.1) is 0 Å². The summed E-state index contributed by atoms with van der Waals surface area (Å²) in [6, 6.07) is 11.8. The number of methoxy groups -OCH3 is 1. The predicted molar refractivity (Wildman–Crippen MR) is 127 cm³/mol. The summed E-state index contributed by atoms with van der Waals surface area (Å²) in [5, 5.41) is 9.59. The Hall–Kier alpha value is -3.26. The summed E-state index contributed by atoms with van der Waals surface area (Å²) in [5.41, 5.74) is 1.59. The molecule has 0 bridgehead atoms. The van der Waals surface area contributed by atoms with Gasteiger partial charge in [0, 0.05) is 6.54 Å². The molecule has 0 radical (unpaired) electrons.